The molecule has 2 heterocycles. The third-order valence-electron chi connectivity index (χ3n) is 5.25. The zero-order chi connectivity index (χ0) is 15.9. The number of hydrogen-bond donors (Lipinski definition) is 0. The van der Waals surface area contributed by atoms with E-state index in [-0.39, 0.29) is 36.3 Å². The number of piperidine rings is 1. The van der Waals surface area contributed by atoms with Gasteiger partial charge in [-0.05, 0) is 60.5 Å². The van der Waals surface area contributed by atoms with Crippen molar-refractivity contribution >= 4 is 34.2 Å². The summed E-state index contributed by atoms with van der Waals surface area (Å²) < 4.78 is 5.99. The van der Waals surface area contributed by atoms with E-state index in [2.05, 4.69) is 39.5 Å². The second kappa shape index (κ2) is 7.32. The van der Waals surface area contributed by atoms with Crippen LogP contribution in [0.4, 0.5) is 5.69 Å². The van der Waals surface area contributed by atoms with E-state index in [0.29, 0.717) is 11.7 Å². The number of fused-ring (bicyclic) bond motifs is 2. The molecule has 0 N–H and O–H groups in total. The van der Waals surface area contributed by atoms with Gasteiger partial charge in [-0.25, -0.2) is 0 Å². The molecule has 2 aliphatic heterocycles. The molecule has 1 aromatic rings. The molecule has 3 rings (SSSR count). The molecule has 5 nitrogen and oxygen atoms in total. The number of ether oxygens (including phenoxy) is 1. The fourth-order valence-electron chi connectivity index (χ4n) is 4.10. The quantitative estimate of drug-likeness (QED) is 0.377. The highest BCUT2D eigenvalue weighted by Crippen LogP contribution is 2.47. The average Bonchev–Trinajstić information content (AvgIpc) is 2.76. The van der Waals surface area contributed by atoms with Crippen molar-refractivity contribution in [1.29, 1.82) is 5.39 Å². The monoisotopic (exact) mass is 447 g/mol. The summed E-state index contributed by atoms with van der Waals surface area (Å²) in [5.74, 6) is -0.0722. The van der Waals surface area contributed by atoms with E-state index in [1.807, 2.05) is 18.2 Å². The maximum atomic E-state index is 12.4. The van der Waals surface area contributed by atoms with Gasteiger partial charge in [-0.15, -0.1) is 0 Å². The number of esters is 1. The van der Waals surface area contributed by atoms with Gasteiger partial charge in [0, 0.05) is 24.1 Å². The standard InChI is InChI=1S/C16H19IN3O2.ClH/c1-20-10-4-6-14(20)15(16(21)22-2)11(8-10)9-3-5-13(19-18)12(17)7-9;/h3,5,7,10-11,14-15H,4,6,8H2,1-2H3;1H/q+1;/p-1/t10-,11+,14+,15-;/m0./s1. The van der Waals surface area contributed by atoms with Crippen LogP contribution in [0.5, 0.6) is 0 Å². The molecular formula is C16H19ClIN3O2. The zero-order valence-electron chi connectivity index (χ0n) is 13.1. The first-order valence-corrected chi connectivity index (χ1v) is 8.59. The Bertz CT molecular complexity index is 649. The molecule has 124 valence electrons. The van der Waals surface area contributed by atoms with Crippen LogP contribution in [0.15, 0.2) is 18.2 Å². The lowest BCUT2D eigenvalue weighted by atomic mass is 9.76. The first-order chi connectivity index (χ1) is 10.6. The van der Waals surface area contributed by atoms with E-state index in [4.69, 9.17) is 10.1 Å². The van der Waals surface area contributed by atoms with Crippen molar-refractivity contribution in [3.63, 3.8) is 0 Å². The number of halogens is 2. The summed E-state index contributed by atoms with van der Waals surface area (Å²) in [6, 6.07) is 6.61. The van der Waals surface area contributed by atoms with Gasteiger partial charge in [-0.3, -0.25) is 9.69 Å². The summed E-state index contributed by atoms with van der Waals surface area (Å²) >= 11 is 2.17. The molecule has 1 aromatic carbocycles. The topological polar surface area (TPSA) is 57.7 Å². The predicted octanol–water partition coefficient (Wildman–Crippen LogP) is 0.519. The van der Waals surface area contributed by atoms with E-state index in [0.717, 1.165) is 28.4 Å². The fourth-order valence-corrected chi connectivity index (χ4v) is 4.75. The Morgan fingerprint density at radius 2 is 2.17 bits per heavy atom. The van der Waals surface area contributed by atoms with Crippen molar-refractivity contribution in [3.05, 3.63) is 32.3 Å². The Morgan fingerprint density at radius 1 is 1.43 bits per heavy atom. The second-order valence-electron chi connectivity index (χ2n) is 6.17. The van der Waals surface area contributed by atoms with Crippen LogP contribution in [-0.4, -0.2) is 37.1 Å². The zero-order valence-corrected chi connectivity index (χ0v) is 16.0. The molecule has 0 unspecified atom stereocenters. The van der Waals surface area contributed by atoms with Crippen LogP contribution < -0.4 is 12.4 Å². The number of rotatable bonds is 2. The summed E-state index contributed by atoms with van der Waals surface area (Å²) in [5.41, 5.74) is 1.70. The maximum Gasteiger partial charge on any atom is 0.398 e. The van der Waals surface area contributed by atoms with E-state index < -0.39 is 0 Å². The van der Waals surface area contributed by atoms with Gasteiger partial charge in [0.05, 0.1) is 13.0 Å². The molecule has 0 amide bonds. The number of methoxy groups -OCH3 is 1. The lowest BCUT2D eigenvalue weighted by Crippen LogP contribution is -3.00. The molecule has 4 atom stereocenters. The van der Waals surface area contributed by atoms with E-state index >= 15 is 0 Å². The molecule has 2 saturated heterocycles. The number of hydrogen-bond acceptors (Lipinski definition) is 4. The molecule has 2 fully saturated rings. The van der Waals surface area contributed by atoms with Gasteiger partial charge >= 0.3 is 11.7 Å². The van der Waals surface area contributed by atoms with Crippen molar-refractivity contribution in [2.45, 2.75) is 37.3 Å². The van der Waals surface area contributed by atoms with Crippen LogP contribution >= 0.6 is 22.6 Å². The summed E-state index contributed by atoms with van der Waals surface area (Å²) in [4.78, 5) is 18.0. The lowest BCUT2D eigenvalue weighted by Gasteiger charge is -2.41. The maximum absolute atomic E-state index is 12.4. The summed E-state index contributed by atoms with van der Waals surface area (Å²) in [6.45, 7) is 0. The second-order valence-corrected chi connectivity index (χ2v) is 7.33. The number of carbonyl (C=O) groups excluding carboxylic acids is 1. The van der Waals surface area contributed by atoms with E-state index in [1.54, 1.807) is 0 Å². The van der Waals surface area contributed by atoms with E-state index in [9.17, 15) is 4.79 Å². The minimum absolute atomic E-state index is 0. The summed E-state index contributed by atoms with van der Waals surface area (Å²) in [6.07, 6.45) is 3.17. The Hall–Kier alpha value is -0.910. The third kappa shape index (κ3) is 3.19. The van der Waals surface area contributed by atoms with Crippen LogP contribution in [-0.2, 0) is 9.53 Å². The largest absolute Gasteiger partial charge is 1.00 e. The molecule has 0 aliphatic carbocycles. The molecular weight excluding hydrogens is 429 g/mol. The van der Waals surface area contributed by atoms with Crippen LogP contribution in [0.2, 0.25) is 0 Å². The first-order valence-electron chi connectivity index (χ1n) is 7.51. The molecule has 0 radical (unpaired) electrons. The van der Waals surface area contributed by atoms with Gasteiger partial charge in [0.15, 0.2) is 4.98 Å². The number of nitrogens with zero attached hydrogens (tertiary/aromatic N) is 3. The highest BCUT2D eigenvalue weighted by atomic mass is 127. The normalized spacial score (nSPS) is 29.5. The van der Waals surface area contributed by atoms with Crippen molar-refractivity contribution in [2.24, 2.45) is 5.92 Å². The number of benzene rings is 1. The SMILES string of the molecule is COC(=O)[C@H]1[C@@H](c2ccc([N+]#N)c(I)c2)C[C@@H]2CC[C@H]1N2C.[Cl-]. The number of diazo groups is 1. The highest BCUT2D eigenvalue weighted by Gasteiger charge is 2.49. The average molecular weight is 448 g/mol. The lowest BCUT2D eigenvalue weighted by molar-refractivity contribution is -0.150. The minimum Gasteiger partial charge on any atom is -1.00 e. The van der Waals surface area contributed by atoms with Gasteiger partial charge in [0.1, 0.15) is 3.57 Å². The van der Waals surface area contributed by atoms with Gasteiger partial charge in [0.2, 0.25) is 5.39 Å². The molecule has 2 bridgehead atoms. The van der Waals surface area contributed by atoms with E-state index in [1.165, 1.54) is 7.11 Å². The van der Waals surface area contributed by atoms with Gasteiger partial charge in [0.25, 0.3) is 0 Å². The number of carbonyl (C=O) groups is 1. The Labute approximate surface area is 155 Å². The molecule has 0 aromatic heterocycles. The van der Waals surface area contributed by atoms with Crippen molar-refractivity contribution in [2.75, 3.05) is 14.2 Å². The summed E-state index contributed by atoms with van der Waals surface area (Å²) in [5, 5.41) is 8.97. The molecule has 23 heavy (non-hydrogen) atoms. The smallest absolute Gasteiger partial charge is 0.398 e. The Morgan fingerprint density at radius 3 is 2.78 bits per heavy atom. The summed E-state index contributed by atoms with van der Waals surface area (Å²) in [7, 11) is 3.59. The third-order valence-corrected chi connectivity index (χ3v) is 6.11. The van der Waals surface area contributed by atoms with Crippen LogP contribution in [0.1, 0.15) is 30.7 Å². The van der Waals surface area contributed by atoms with Gasteiger partial charge in [-0.2, -0.15) is 0 Å². The van der Waals surface area contributed by atoms with Crippen molar-refractivity contribution in [1.82, 2.24) is 4.90 Å². The Balaban J connectivity index is 0.00000192. The molecule has 0 spiro atoms. The van der Waals surface area contributed by atoms with Crippen LogP contribution in [0.25, 0.3) is 4.98 Å². The predicted molar refractivity (Wildman–Crippen MR) is 91.3 cm³/mol. The molecule has 7 heteroatoms. The van der Waals surface area contributed by atoms with Crippen LogP contribution in [0, 0.1) is 14.9 Å². The minimum atomic E-state index is -0.124. The molecule has 2 aliphatic rings. The van der Waals surface area contributed by atoms with Crippen molar-refractivity contribution < 1.29 is 21.9 Å². The van der Waals surface area contributed by atoms with Gasteiger partial charge < -0.3 is 17.1 Å². The van der Waals surface area contributed by atoms with Crippen LogP contribution in [0.3, 0.4) is 0 Å². The highest BCUT2D eigenvalue weighted by molar-refractivity contribution is 14.1. The molecule has 0 saturated carbocycles. The first kappa shape index (κ1) is 18.4. The van der Waals surface area contributed by atoms with Crippen molar-refractivity contribution in [3.8, 4) is 0 Å². The fraction of sp³-hybridized carbons (Fsp3) is 0.562. The van der Waals surface area contributed by atoms with Gasteiger partial charge in [-0.1, -0.05) is 6.07 Å². The Kier molecular flexibility index (Phi) is 5.87.